The van der Waals surface area contributed by atoms with Crippen LogP contribution in [-0.4, -0.2) is 39.6 Å². The second kappa shape index (κ2) is 4.91. The number of imidazole rings is 1. The number of rotatable bonds is 3. The van der Waals surface area contributed by atoms with Crippen LogP contribution in [0.3, 0.4) is 0 Å². The van der Waals surface area contributed by atoms with Gasteiger partial charge in [-0.1, -0.05) is 0 Å². The lowest BCUT2D eigenvalue weighted by Crippen LogP contribution is -2.48. The van der Waals surface area contributed by atoms with Gasteiger partial charge >= 0.3 is 0 Å². The summed E-state index contributed by atoms with van der Waals surface area (Å²) < 4.78 is 2.43. The molecule has 0 saturated carbocycles. The van der Waals surface area contributed by atoms with E-state index in [0.717, 1.165) is 12.5 Å². The number of nitrogens with one attached hydrogen (secondary N) is 1. The van der Waals surface area contributed by atoms with Crippen LogP contribution in [0.25, 0.3) is 0 Å². The fraction of sp³-hybridized carbons (Fsp3) is 0.800. The van der Waals surface area contributed by atoms with Gasteiger partial charge < -0.3 is 14.8 Å². The number of piperidine rings is 3. The minimum atomic E-state index is 0.157. The average Bonchev–Trinajstić information content (AvgIpc) is 2.85. The molecule has 0 radical (unpaired) electrons. The zero-order valence-corrected chi connectivity index (χ0v) is 12.4. The van der Waals surface area contributed by atoms with Gasteiger partial charge in [0.2, 0.25) is 0 Å². The van der Waals surface area contributed by atoms with Crippen molar-refractivity contribution in [1.82, 2.24) is 19.8 Å². The average molecular weight is 262 g/mol. The molecule has 1 unspecified atom stereocenters. The quantitative estimate of drug-likeness (QED) is 0.905. The molecule has 1 aromatic rings. The van der Waals surface area contributed by atoms with Crippen LogP contribution < -0.4 is 5.32 Å². The molecule has 4 rings (SSSR count). The minimum absolute atomic E-state index is 0.157. The molecule has 3 aliphatic heterocycles. The molecule has 106 valence electrons. The van der Waals surface area contributed by atoms with Crippen LogP contribution in [0.2, 0.25) is 0 Å². The molecule has 3 fully saturated rings. The predicted molar refractivity (Wildman–Crippen MR) is 77.0 cm³/mol. The monoisotopic (exact) mass is 262 g/mol. The van der Waals surface area contributed by atoms with E-state index in [9.17, 15) is 0 Å². The van der Waals surface area contributed by atoms with Crippen LogP contribution >= 0.6 is 0 Å². The van der Waals surface area contributed by atoms with Crippen molar-refractivity contribution >= 4 is 0 Å². The van der Waals surface area contributed by atoms with Crippen LogP contribution in [0.4, 0.5) is 0 Å². The fourth-order valence-corrected chi connectivity index (χ4v) is 3.37. The van der Waals surface area contributed by atoms with Crippen LogP contribution in [0.1, 0.15) is 45.3 Å². The Hall–Kier alpha value is -0.870. The molecule has 19 heavy (non-hydrogen) atoms. The van der Waals surface area contributed by atoms with E-state index in [2.05, 4.69) is 40.5 Å². The summed E-state index contributed by atoms with van der Waals surface area (Å²) in [5, 5.41) is 3.57. The summed E-state index contributed by atoms with van der Waals surface area (Å²) in [6, 6.07) is 0.641. The van der Waals surface area contributed by atoms with Crippen LogP contribution in [0.5, 0.6) is 0 Å². The number of nitrogens with zero attached hydrogens (tertiary/aromatic N) is 3. The summed E-state index contributed by atoms with van der Waals surface area (Å²) in [4.78, 5) is 6.99. The van der Waals surface area contributed by atoms with Crippen molar-refractivity contribution in [1.29, 1.82) is 0 Å². The number of fused-ring (bicyclic) bond motifs is 3. The Labute approximate surface area is 116 Å². The largest absolute Gasteiger partial charge is 0.329 e. The van der Waals surface area contributed by atoms with Crippen molar-refractivity contribution in [3.05, 3.63) is 18.2 Å². The van der Waals surface area contributed by atoms with Gasteiger partial charge in [0.15, 0.2) is 0 Å². The normalized spacial score (nSPS) is 30.8. The summed E-state index contributed by atoms with van der Waals surface area (Å²) in [5.74, 6) is 0.854. The van der Waals surface area contributed by atoms with E-state index < -0.39 is 0 Å². The Bertz CT molecular complexity index is 424. The first-order valence-corrected chi connectivity index (χ1v) is 7.51. The van der Waals surface area contributed by atoms with Gasteiger partial charge in [-0.3, -0.25) is 0 Å². The van der Waals surface area contributed by atoms with E-state index in [1.807, 2.05) is 12.5 Å². The van der Waals surface area contributed by atoms with Gasteiger partial charge in [0.25, 0.3) is 0 Å². The smallest absolute Gasteiger partial charge is 0.0951 e. The first kappa shape index (κ1) is 13.1. The van der Waals surface area contributed by atoms with Gasteiger partial charge in [0.1, 0.15) is 0 Å². The Morgan fingerprint density at radius 3 is 2.63 bits per heavy atom. The van der Waals surface area contributed by atoms with E-state index in [1.54, 1.807) is 0 Å². The van der Waals surface area contributed by atoms with Gasteiger partial charge in [-0.15, -0.1) is 0 Å². The SMILES string of the molecule is CC(C)(C)NCc1cncn1C1CN2CCC1CC2. The maximum Gasteiger partial charge on any atom is 0.0951 e. The third-order valence-electron chi connectivity index (χ3n) is 4.53. The fourth-order valence-electron chi connectivity index (χ4n) is 3.37. The van der Waals surface area contributed by atoms with E-state index in [-0.39, 0.29) is 5.54 Å². The molecule has 0 amide bonds. The Balaban J connectivity index is 1.73. The van der Waals surface area contributed by atoms with Crippen molar-refractivity contribution in [2.75, 3.05) is 19.6 Å². The van der Waals surface area contributed by atoms with Crippen molar-refractivity contribution in [2.24, 2.45) is 5.92 Å². The van der Waals surface area contributed by atoms with Gasteiger partial charge in [-0.2, -0.15) is 0 Å². The van der Waals surface area contributed by atoms with Crippen molar-refractivity contribution in [3.8, 4) is 0 Å². The molecule has 1 aromatic heterocycles. The lowest BCUT2D eigenvalue weighted by Gasteiger charge is -2.45. The molecule has 3 saturated heterocycles. The van der Waals surface area contributed by atoms with E-state index >= 15 is 0 Å². The van der Waals surface area contributed by atoms with Gasteiger partial charge in [0.05, 0.1) is 18.1 Å². The van der Waals surface area contributed by atoms with E-state index in [0.29, 0.717) is 6.04 Å². The van der Waals surface area contributed by atoms with E-state index in [4.69, 9.17) is 0 Å². The topological polar surface area (TPSA) is 33.1 Å². The summed E-state index contributed by atoms with van der Waals surface area (Å²) in [7, 11) is 0. The van der Waals surface area contributed by atoms with Gasteiger partial charge in [0, 0.05) is 24.8 Å². The second-order valence-corrected chi connectivity index (χ2v) is 7.10. The van der Waals surface area contributed by atoms with Crippen molar-refractivity contribution < 1.29 is 0 Å². The predicted octanol–water partition coefficient (Wildman–Crippen LogP) is 2.04. The summed E-state index contributed by atoms with van der Waals surface area (Å²) >= 11 is 0. The number of hydrogen-bond donors (Lipinski definition) is 1. The first-order chi connectivity index (χ1) is 9.03. The summed E-state index contributed by atoms with van der Waals surface area (Å²) in [6.07, 6.45) is 6.77. The Morgan fingerprint density at radius 1 is 1.32 bits per heavy atom. The van der Waals surface area contributed by atoms with Crippen LogP contribution in [0, 0.1) is 5.92 Å². The van der Waals surface area contributed by atoms with Gasteiger partial charge in [-0.05, 0) is 52.6 Å². The molecular formula is C15H26N4. The summed E-state index contributed by atoms with van der Waals surface area (Å²) in [6.45, 7) is 11.3. The molecule has 3 aliphatic rings. The van der Waals surface area contributed by atoms with Crippen molar-refractivity contribution in [2.45, 2.75) is 51.7 Å². The van der Waals surface area contributed by atoms with Crippen molar-refractivity contribution in [3.63, 3.8) is 0 Å². The molecule has 0 aromatic carbocycles. The maximum absolute atomic E-state index is 4.39. The van der Waals surface area contributed by atoms with Crippen LogP contribution in [0.15, 0.2) is 12.5 Å². The summed E-state index contributed by atoms with van der Waals surface area (Å²) in [5.41, 5.74) is 1.48. The third kappa shape index (κ3) is 2.84. The minimum Gasteiger partial charge on any atom is -0.329 e. The zero-order valence-electron chi connectivity index (χ0n) is 12.4. The highest BCUT2D eigenvalue weighted by molar-refractivity contribution is 5.04. The highest BCUT2D eigenvalue weighted by atomic mass is 15.2. The maximum atomic E-state index is 4.39. The molecule has 4 heteroatoms. The highest BCUT2D eigenvalue weighted by Crippen LogP contribution is 2.36. The molecule has 4 nitrogen and oxygen atoms in total. The highest BCUT2D eigenvalue weighted by Gasteiger charge is 2.35. The molecule has 1 N–H and O–H groups in total. The molecule has 4 heterocycles. The lowest BCUT2D eigenvalue weighted by atomic mass is 9.84. The first-order valence-electron chi connectivity index (χ1n) is 7.51. The Morgan fingerprint density at radius 2 is 2.05 bits per heavy atom. The molecule has 2 bridgehead atoms. The van der Waals surface area contributed by atoms with Gasteiger partial charge in [-0.25, -0.2) is 4.98 Å². The Kier molecular flexibility index (Phi) is 3.39. The second-order valence-electron chi connectivity index (χ2n) is 7.10. The number of aromatic nitrogens is 2. The molecular weight excluding hydrogens is 236 g/mol. The third-order valence-corrected chi connectivity index (χ3v) is 4.53. The number of hydrogen-bond acceptors (Lipinski definition) is 3. The molecule has 1 atom stereocenters. The molecule has 0 aliphatic carbocycles. The van der Waals surface area contributed by atoms with E-state index in [1.165, 1.54) is 38.2 Å². The standard InChI is InChI=1S/C15H26N4/c1-15(2,3)17-9-13-8-16-11-19(13)14-10-18-6-4-12(14)5-7-18/h8,11-12,14,17H,4-7,9-10H2,1-3H3. The lowest BCUT2D eigenvalue weighted by molar-refractivity contribution is 0.0555. The van der Waals surface area contributed by atoms with Crippen LogP contribution in [-0.2, 0) is 6.54 Å². The molecule has 0 spiro atoms. The zero-order chi connectivity index (χ0) is 13.5.